The Hall–Kier alpha value is -1.36. The van der Waals surface area contributed by atoms with Crippen molar-refractivity contribution in [1.29, 1.82) is 0 Å². The average Bonchev–Trinajstić information content (AvgIpc) is 2.61. The first-order valence-electron chi connectivity index (χ1n) is 5.56. The third-order valence-electron chi connectivity index (χ3n) is 2.14. The second-order valence-corrected chi connectivity index (χ2v) is 4.12. The second kappa shape index (κ2) is 6.27. The van der Waals surface area contributed by atoms with E-state index in [1.165, 1.54) is 0 Å². The van der Waals surface area contributed by atoms with Crippen LogP contribution in [0.3, 0.4) is 0 Å². The topological polar surface area (TPSA) is 59.0 Å². The van der Waals surface area contributed by atoms with E-state index in [-0.39, 0.29) is 5.91 Å². The first-order valence-corrected chi connectivity index (χ1v) is 5.56. The Morgan fingerprint density at radius 1 is 1.56 bits per heavy atom. The molecule has 2 N–H and O–H groups in total. The fraction of sp³-hybridized carbons (Fsp3) is 0.636. The molecule has 0 aliphatic carbocycles. The zero-order valence-corrected chi connectivity index (χ0v) is 10.2. The lowest BCUT2D eigenvalue weighted by Gasteiger charge is -2.08. The maximum absolute atomic E-state index is 11.3. The number of aromatic nitrogens is 2. The van der Waals surface area contributed by atoms with E-state index in [2.05, 4.69) is 15.7 Å². The number of nitrogens with zero attached hydrogens (tertiary/aromatic N) is 2. The molecule has 0 saturated heterocycles. The van der Waals surface area contributed by atoms with Gasteiger partial charge in [-0.3, -0.25) is 9.48 Å². The van der Waals surface area contributed by atoms with Crippen LogP contribution in [0, 0.1) is 0 Å². The molecule has 1 aromatic heterocycles. The van der Waals surface area contributed by atoms with Crippen molar-refractivity contribution in [2.45, 2.75) is 26.3 Å². The lowest BCUT2D eigenvalue weighted by Crippen LogP contribution is -2.37. The Bertz CT molecular complexity index is 332. The Kier molecular flexibility index (Phi) is 4.98. The SMILES string of the molecule is CC(C)NCC(=O)NCCc1ccn(C)n1. The second-order valence-electron chi connectivity index (χ2n) is 4.12. The highest BCUT2D eigenvalue weighted by Crippen LogP contribution is 1.93. The van der Waals surface area contributed by atoms with Gasteiger partial charge in [0.25, 0.3) is 0 Å². The Morgan fingerprint density at radius 2 is 2.31 bits per heavy atom. The first kappa shape index (κ1) is 12.7. The fourth-order valence-electron chi connectivity index (χ4n) is 1.29. The standard InChI is InChI=1S/C11H20N4O/c1-9(2)13-8-11(16)12-6-4-10-5-7-15(3)14-10/h5,7,9,13H,4,6,8H2,1-3H3,(H,12,16). The molecule has 0 saturated carbocycles. The number of rotatable bonds is 6. The highest BCUT2D eigenvalue weighted by molar-refractivity contribution is 5.77. The molecule has 0 bridgehead atoms. The Morgan fingerprint density at radius 3 is 2.88 bits per heavy atom. The van der Waals surface area contributed by atoms with E-state index < -0.39 is 0 Å². The zero-order chi connectivity index (χ0) is 12.0. The van der Waals surface area contributed by atoms with Gasteiger partial charge in [-0.2, -0.15) is 5.10 Å². The molecule has 1 aromatic rings. The van der Waals surface area contributed by atoms with E-state index in [0.29, 0.717) is 19.1 Å². The smallest absolute Gasteiger partial charge is 0.233 e. The summed E-state index contributed by atoms with van der Waals surface area (Å²) in [5.41, 5.74) is 1.000. The van der Waals surface area contributed by atoms with Crippen LogP contribution in [0.5, 0.6) is 0 Å². The first-order chi connectivity index (χ1) is 7.58. The molecule has 0 aliphatic heterocycles. The quantitative estimate of drug-likeness (QED) is 0.719. The summed E-state index contributed by atoms with van der Waals surface area (Å²) in [6.45, 7) is 5.04. The summed E-state index contributed by atoms with van der Waals surface area (Å²) < 4.78 is 1.76. The summed E-state index contributed by atoms with van der Waals surface area (Å²) in [7, 11) is 1.88. The van der Waals surface area contributed by atoms with Crippen molar-refractivity contribution < 1.29 is 4.79 Å². The Labute approximate surface area is 96.2 Å². The number of amides is 1. The number of hydrogen-bond donors (Lipinski definition) is 2. The predicted molar refractivity (Wildman–Crippen MR) is 63.1 cm³/mol. The molecule has 0 unspecified atom stereocenters. The molecular weight excluding hydrogens is 204 g/mol. The summed E-state index contributed by atoms with van der Waals surface area (Å²) in [5.74, 6) is 0.0321. The molecule has 1 heterocycles. The molecule has 0 aromatic carbocycles. The van der Waals surface area contributed by atoms with E-state index in [1.807, 2.05) is 33.2 Å². The van der Waals surface area contributed by atoms with E-state index >= 15 is 0 Å². The van der Waals surface area contributed by atoms with E-state index in [9.17, 15) is 4.79 Å². The molecule has 0 radical (unpaired) electrons. The minimum atomic E-state index is 0.0321. The van der Waals surface area contributed by atoms with Gasteiger partial charge in [0.15, 0.2) is 0 Å². The number of carbonyl (C=O) groups excluding carboxylic acids is 1. The minimum Gasteiger partial charge on any atom is -0.355 e. The average molecular weight is 224 g/mol. The molecule has 0 aliphatic rings. The summed E-state index contributed by atoms with van der Waals surface area (Å²) in [6.07, 6.45) is 2.67. The van der Waals surface area contributed by atoms with Crippen LogP contribution in [0.1, 0.15) is 19.5 Å². The van der Waals surface area contributed by atoms with Gasteiger partial charge in [0, 0.05) is 32.3 Å². The molecule has 1 amide bonds. The maximum atomic E-state index is 11.3. The molecule has 0 atom stereocenters. The minimum absolute atomic E-state index is 0.0321. The molecular formula is C11H20N4O. The number of nitrogens with one attached hydrogen (secondary N) is 2. The van der Waals surface area contributed by atoms with Crippen LogP contribution < -0.4 is 10.6 Å². The van der Waals surface area contributed by atoms with Gasteiger partial charge in [-0.1, -0.05) is 13.8 Å². The lowest BCUT2D eigenvalue weighted by molar-refractivity contribution is -0.120. The van der Waals surface area contributed by atoms with Gasteiger partial charge in [0.2, 0.25) is 5.91 Å². The van der Waals surface area contributed by atoms with Crippen LogP contribution in [0.25, 0.3) is 0 Å². The van der Waals surface area contributed by atoms with Crippen molar-refractivity contribution in [3.05, 3.63) is 18.0 Å². The van der Waals surface area contributed by atoms with Crippen molar-refractivity contribution in [3.63, 3.8) is 0 Å². The summed E-state index contributed by atoms with van der Waals surface area (Å²) in [6, 6.07) is 2.29. The highest BCUT2D eigenvalue weighted by atomic mass is 16.1. The Balaban J connectivity index is 2.13. The van der Waals surface area contributed by atoms with Crippen LogP contribution in [0.2, 0.25) is 0 Å². The third kappa shape index (κ3) is 4.93. The van der Waals surface area contributed by atoms with E-state index in [1.54, 1.807) is 4.68 Å². The number of aryl methyl sites for hydroxylation is 1. The maximum Gasteiger partial charge on any atom is 0.233 e. The van der Waals surface area contributed by atoms with Gasteiger partial charge >= 0.3 is 0 Å². The number of carbonyl (C=O) groups is 1. The fourth-order valence-corrected chi connectivity index (χ4v) is 1.29. The highest BCUT2D eigenvalue weighted by Gasteiger charge is 2.02. The van der Waals surface area contributed by atoms with E-state index in [0.717, 1.165) is 12.1 Å². The van der Waals surface area contributed by atoms with Gasteiger partial charge in [0.1, 0.15) is 0 Å². The molecule has 16 heavy (non-hydrogen) atoms. The van der Waals surface area contributed by atoms with Gasteiger partial charge in [-0.25, -0.2) is 0 Å². The van der Waals surface area contributed by atoms with Gasteiger partial charge in [-0.05, 0) is 6.07 Å². The molecule has 5 nitrogen and oxygen atoms in total. The van der Waals surface area contributed by atoms with Gasteiger partial charge < -0.3 is 10.6 Å². The molecule has 1 rings (SSSR count). The van der Waals surface area contributed by atoms with Gasteiger partial charge in [0.05, 0.1) is 12.2 Å². The summed E-state index contributed by atoms with van der Waals surface area (Å²) in [5, 5.41) is 10.1. The summed E-state index contributed by atoms with van der Waals surface area (Å²) >= 11 is 0. The van der Waals surface area contributed by atoms with Crippen LogP contribution in [0.15, 0.2) is 12.3 Å². The lowest BCUT2D eigenvalue weighted by atomic mass is 10.3. The normalized spacial score (nSPS) is 10.8. The van der Waals surface area contributed by atoms with Gasteiger partial charge in [-0.15, -0.1) is 0 Å². The largest absolute Gasteiger partial charge is 0.355 e. The molecule has 0 spiro atoms. The van der Waals surface area contributed by atoms with Crippen molar-refractivity contribution >= 4 is 5.91 Å². The molecule has 90 valence electrons. The van der Waals surface area contributed by atoms with Crippen molar-refractivity contribution in [1.82, 2.24) is 20.4 Å². The predicted octanol–water partition coefficient (Wildman–Crippen LogP) is 0.0768. The van der Waals surface area contributed by atoms with E-state index in [4.69, 9.17) is 0 Å². The van der Waals surface area contributed by atoms with Crippen molar-refractivity contribution in [2.24, 2.45) is 7.05 Å². The molecule has 0 fully saturated rings. The summed E-state index contributed by atoms with van der Waals surface area (Å²) in [4.78, 5) is 11.3. The van der Waals surface area contributed by atoms with Crippen molar-refractivity contribution in [2.75, 3.05) is 13.1 Å². The monoisotopic (exact) mass is 224 g/mol. The van der Waals surface area contributed by atoms with Crippen LogP contribution in [-0.2, 0) is 18.3 Å². The number of hydrogen-bond acceptors (Lipinski definition) is 3. The third-order valence-corrected chi connectivity index (χ3v) is 2.14. The van der Waals surface area contributed by atoms with Crippen LogP contribution in [0.4, 0.5) is 0 Å². The zero-order valence-electron chi connectivity index (χ0n) is 10.2. The van der Waals surface area contributed by atoms with Crippen LogP contribution in [-0.4, -0.2) is 34.8 Å². The molecule has 5 heteroatoms. The van der Waals surface area contributed by atoms with Crippen molar-refractivity contribution in [3.8, 4) is 0 Å². The van der Waals surface area contributed by atoms with Crippen LogP contribution >= 0.6 is 0 Å².